The van der Waals surface area contributed by atoms with Crippen LogP contribution in [0.2, 0.25) is 0 Å². The molecule has 1 aromatic carbocycles. The van der Waals surface area contributed by atoms with Gasteiger partial charge in [-0.15, -0.1) is 0 Å². The molecule has 0 aliphatic rings. The summed E-state index contributed by atoms with van der Waals surface area (Å²) in [5.41, 5.74) is 7.21. The molecule has 1 atom stereocenters. The van der Waals surface area contributed by atoms with Gasteiger partial charge in [-0.3, -0.25) is 0 Å². The summed E-state index contributed by atoms with van der Waals surface area (Å²) in [6, 6.07) is 8.57. The summed E-state index contributed by atoms with van der Waals surface area (Å²) in [5, 5.41) is 0. The molecule has 2 nitrogen and oxygen atoms in total. The monoisotopic (exact) mass is 235 g/mol. The number of nitrogens with two attached hydrogens (primary N) is 1. The van der Waals surface area contributed by atoms with Crippen LogP contribution in [0.5, 0.6) is 5.75 Å². The molecule has 0 saturated heterocycles. The van der Waals surface area contributed by atoms with Crippen molar-refractivity contribution in [1.82, 2.24) is 0 Å². The Balaban J connectivity index is 2.39. The molecule has 0 fully saturated rings. The first kappa shape index (κ1) is 14.0. The van der Waals surface area contributed by atoms with Gasteiger partial charge in [0.05, 0.1) is 6.61 Å². The Morgan fingerprint density at radius 1 is 1.18 bits per heavy atom. The molecular formula is C15H25NO. The summed E-state index contributed by atoms with van der Waals surface area (Å²) in [5.74, 6) is 1.65. The molecule has 0 aliphatic carbocycles. The van der Waals surface area contributed by atoms with E-state index < -0.39 is 0 Å². The van der Waals surface area contributed by atoms with Gasteiger partial charge in [-0.25, -0.2) is 0 Å². The minimum Gasteiger partial charge on any atom is -0.494 e. The normalized spacial score (nSPS) is 12.8. The van der Waals surface area contributed by atoms with Crippen LogP contribution < -0.4 is 10.5 Å². The van der Waals surface area contributed by atoms with Crippen molar-refractivity contribution in [3.05, 3.63) is 29.8 Å². The van der Waals surface area contributed by atoms with E-state index in [1.54, 1.807) is 0 Å². The van der Waals surface area contributed by atoms with Gasteiger partial charge < -0.3 is 10.5 Å². The third-order valence-corrected chi connectivity index (χ3v) is 2.91. The molecule has 0 aliphatic heterocycles. The Morgan fingerprint density at radius 3 is 2.35 bits per heavy atom. The summed E-state index contributed by atoms with van der Waals surface area (Å²) in [6.45, 7) is 7.33. The minimum atomic E-state index is 0.266. The standard InChI is InChI=1S/C15H25NO/c1-4-14(16)11-13-5-7-15(8-6-13)17-10-9-12(2)3/h5-8,12,14H,4,9-11,16H2,1-3H3. The second-order valence-corrected chi connectivity index (χ2v) is 5.05. The van der Waals surface area contributed by atoms with E-state index in [-0.39, 0.29) is 6.04 Å². The van der Waals surface area contributed by atoms with Crippen LogP contribution in [0.4, 0.5) is 0 Å². The van der Waals surface area contributed by atoms with Crippen LogP contribution in [0, 0.1) is 5.92 Å². The number of rotatable bonds is 7. The van der Waals surface area contributed by atoms with Gasteiger partial charge in [0.15, 0.2) is 0 Å². The lowest BCUT2D eigenvalue weighted by atomic mass is 10.0. The van der Waals surface area contributed by atoms with Crippen molar-refractivity contribution in [2.24, 2.45) is 11.7 Å². The fourth-order valence-corrected chi connectivity index (χ4v) is 1.58. The minimum absolute atomic E-state index is 0.266. The lowest BCUT2D eigenvalue weighted by Crippen LogP contribution is -2.21. The average Bonchev–Trinajstić information content (AvgIpc) is 2.31. The molecule has 0 heterocycles. The first-order valence-electron chi connectivity index (χ1n) is 6.59. The molecule has 0 amide bonds. The van der Waals surface area contributed by atoms with E-state index in [1.165, 1.54) is 5.56 Å². The van der Waals surface area contributed by atoms with Crippen LogP contribution in [0.1, 0.15) is 39.2 Å². The van der Waals surface area contributed by atoms with Gasteiger partial charge in [0.25, 0.3) is 0 Å². The molecule has 0 bridgehead atoms. The summed E-state index contributed by atoms with van der Waals surface area (Å²) >= 11 is 0. The quantitative estimate of drug-likeness (QED) is 0.786. The summed E-state index contributed by atoms with van der Waals surface area (Å²) < 4.78 is 5.67. The Bertz CT molecular complexity index is 305. The van der Waals surface area contributed by atoms with Crippen LogP contribution in [0.25, 0.3) is 0 Å². The molecule has 1 rings (SSSR count). The molecule has 1 aromatic rings. The number of ether oxygens (including phenoxy) is 1. The van der Waals surface area contributed by atoms with E-state index in [2.05, 4.69) is 32.9 Å². The van der Waals surface area contributed by atoms with Crippen LogP contribution >= 0.6 is 0 Å². The molecule has 0 radical (unpaired) electrons. The Morgan fingerprint density at radius 2 is 1.82 bits per heavy atom. The summed E-state index contributed by atoms with van der Waals surface area (Å²) in [7, 11) is 0. The van der Waals surface area contributed by atoms with Gasteiger partial charge in [-0.1, -0.05) is 32.9 Å². The number of hydrogen-bond acceptors (Lipinski definition) is 2. The highest BCUT2D eigenvalue weighted by atomic mass is 16.5. The van der Waals surface area contributed by atoms with Crippen molar-refractivity contribution in [3.8, 4) is 5.75 Å². The maximum absolute atomic E-state index is 5.93. The summed E-state index contributed by atoms with van der Waals surface area (Å²) in [4.78, 5) is 0. The number of hydrogen-bond donors (Lipinski definition) is 1. The molecule has 96 valence electrons. The molecule has 2 heteroatoms. The molecular weight excluding hydrogens is 210 g/mol. The molecule has 0 aromatic heterocycles. The SMILES string of the molecule is CCC(N)Cc1ccc(OCCC(C)C)cc1. The third kappa shape index (κ3) is 5.73. The highest BCUT2D eigenvalue weighted by molar-refractivity contribution is 5.27. The Labute approximate surface area is 105 Å². The van der Waals surface area contributed by atoms with Gasteiger partial charge in [-0.2, -0.15) is 0 Å². The zero-order chi connectivity index (χ0) is 12.7. The zero-order valence-corrected chi connectivity index (χ0v) is 11.3. The van der Waals surface area contributed by atoms with Gasteiger partial charge in [0.1, 0.15) is 5.75 Å². The van der Waals surface area contributed by atoms with E-state index in [0.717, 1.165) is 31.6 Å². The fourth-order valence-electron chi connectivity index (χ4n) is 1.58. The largest absolute Gasteiger partial charge is 0.494 e. The average molecular weight is 235 g/mol. The fraction of sp³-hybridized carbons (Fsp3) is 0.600. The van der Waals surface area contributed by atoms with Gasteiger partial charge in [0.2, 0.25) is 0 Å². The lowest BCUT2D eigenvalue weighted by molar-refractivity contribution is 0.289. The third-order valence-electron chi connectivity index (χ3n) is 2.91. The molecule has 1 unspecified atom stereocenters. The summed E-state index contributed by atoms with van der Waals surface area (Å²) in [6.07, 6.45) is 3.07. The maximum atomic E-state index is 5.93. The van der Waals surface area contributed by atoms with Gasteiger partial charge in [0, 0.05) is 6.04 Å². The highest BCUT2D eigenvalue weighted by Gasteiger charge is 2.02. The topological polar surface area (TPSA) is 35.2 Å². The van der Waals surface area contributed by atoms with Crippen molar-refractivity contribution in [3.63, 3.8) is 0 Å². The molecule has 2 N–H and O–H groups in total. The lowest BCUT2D eigenvalue weighted by Gasteiger charge is -2.10. The van der Waals surface area contributed by atoms with Crippen LogP contribution in [-0.2, 0) is 6.42 Å². The second kappa shape index (κ2) is 7.33. The second-order valence-electron chi connectivity index (χ2n) is 5.05. The van der Waals surface area contributed by atoms with Gasteiger partial charge in [-0.05, 0) is 42.9 Å². The van der Waals surface area contributed by atoms with E-state index in [9.17, 15) is 0 Å². The smallest absolute Gasteiger partial charge is 0.119 e. The Kier molecular flexibility index (Phi) is 6.06. The van der Waals surface area contributed by atoms with Crippen molar-refractivity contribution in [2.75, 3.05) is 6.61 Å². The van der Waals surface area contributed by atoms with Crippen molar-refractivity contribution < 1.29 is 4.74 Å². The predicted molar refractivity (Wildman–Crippen MR) is 73.4 cm³/mol. The number of benzene rings is 1. The van der Waals surface area contributed by atoms with Crippen LogP contribution in [0.15, 0.2) is 24.3 Å². The highest BCUT2D eigenvalue weighted by Crippen LogP contribution is 2.14. The van der Waals surface area contributed by atoms with Crippen molar-refractivity contribution in [2.45, 2.75) is 46.1 Å². The van der Waals surface area contributed by atoms with Crippen molar-refractivity contribution >= 4 is 0 Å². The van der Waals surface area contributed by atoms with Crippen LogP contribution in [-0.4, -0.2) is 12.6 Å². The first-order valence-corrected chi connectivity index (χ1v) is 6.59. The Hall–Kier alpha value is -1.02. The molecule has 0 spiro atoms. The van der Waals surface area contributed by atoms with E-state index >= 15 is 0 Å². The van der Waals surface area contributed by atoms with E-state index in [4.69, 9.17) is 10.5 Å². The zero-order valence-electron chi connectivity index (χ0n) is 11.3. The predicted octanol–water partition coefficient (Wildman–Crippen LogP) is 3.39. The first-order chi connectivity index (χ1) is 8.11. The molecule has 17 heavy (non-hydrogen) atoms. The maximum Gasteiger partial charge on any atom is 0.119 e. The van der Waals surface area contributed by atoms with E-state index in [0.29, 0.717) is 5.92 Å². The van der Waals surface area contributed by atoms with Crippen molar-refractivity contribution in [1.29, 1.82) is 0 Å². The molecule has 0 saturated carbocycles. The van der Waals surface area contributed by atoms with E-state index in [1.807, 2.05) is 12.1 Å². The van der Waals surface area contributed by atoms with Gasteiger partial charge >= 0.3 is 0 Å². The van der Waals surface area contributed by atoms with Crippen LogP contribution in [0.3, 0.4) is 0 Å².